The number of nitrogens with zero attached hydrogens (tertiary/aromatic N) is 5. The number of hydrogen-bond acceptors (Lipinski definition) is 9. The van der Waals surface area contributed by atoms with Crippen molar-refractivity contribution in [1.82, 2.24) is 30.0 Å². The lowest BCUT2D eigenvalue weighted by molar-refractivity contribution is -0.143. The Bertz CT molecular complexity index is 1370. The third-order valence-corrected chi connectivity index (χ3v) is 6.52. The molecule has 2 atom stereocenters. The van der Waals surface area contributed by atoms with E-state index >= 15 is 0 Å². The molecule has 1 aliphatic heterocycles. The highest BCUT2D eigenvalue weighted by atomic mass is 16.5. The summed E-state index contributed by atoms with van der Waals surface area (Å²) in [6.07, 6.45) is 4.16. The number of nitrogens with two attached hydrogens (primary N) is 1. The summed E-state index contributed by atoms with van der Waals surface area (Å²) in [5, 5.41) is 10.8. The molecule has 12 heteroatoms. The first-order chi connectivity index (χ1) is 17.8. The van der Waals surface area contributed by atoms with E-state index in [1.807, 2.05) is 6.92 Å². The number of ether oxygens (including phenoxy) is 1. The molecule has 3 heterocycles. The summed E-state index contributed by atoms with van der Waals surface area (Å²) in [7, 11) is 2.99. The number of rotatable bonds is 7. The Morgan fingerprint density at radius 3 is 2.76 bits per heavy atom. The minimum absolute atomic E-state index is 0.0893. The molecule has 2 amide bonds. The molecule has 0 radical (unpaired) electrons. The SMILES string of the molecule is C=CC(=O)N1CCCC(n2nc(C(=O)Nc3ccc([C@@H](NC)C(=O)OC)cc3C)c3c(N)ncnc32)C1. The Morgan fingerprint density at radius 1 is 1.30 bits per heavy atom. The van der Waals surface area contributed by atoms with Crippen LogP contribution in [0.25, 0.3) is 11.0 Å². The van der Waals surface area contributed by atoms with Gasteiger partial charge in [0.05, 0.1) is 18.5 Å². The Morgan fingerprint density at radius 2 is 2.08 bits per heavy atom. The van der Waals surface area contributed by atoms with Crippen molar-refractivity contribution in [2.24, 2.45) is 0 Å². The van der Waals surface area contributed by atoms with E-state index in [9.17, 15) is 14.4 Å². The van der Waals surface area contributed by atoms with Crippen molar-refractivity contribution < 1.29 is 19.1 Å². The fourth-order valence-electron chi connectivity index (χ4n) is 4.62. The monoisotopic (exact) mass is 506 g/mol. The fourth-order valence-corrected chi connectivity index (χ4v) is 4.62. The Kier molecular flexibility index (Phi) is 7.48. The zero-order chi connectivity index (χ0) is 26.7. The van der Waals surface area contributed by atoms with E-state index in [1.165, 1.54) is 19.5 Å². The molecule has 0 bridgehead atoms. The van der Waals surface area contributed by atoms with Crippen molar-refractivity contribution in [3.63, 3.8) is 0 Å². The van der Waals surface area contributed by atoms with Crippen molar-refractivity contribution in [1.29, 1.82) is 0 Å². The van der Waals surface area contributed by atoms with Crippen LogP contribution in [-0.4, -0.2) is 69.7 Å². The van der Waals surface area contributed by atoms with Crippen LogP contribution >= 0.6 is 0 Å². The van der Waals surface area contributed by atoms with Gasteiger partial charge in [0.2, 0.25) is 5.91 Å². The van der Waals surface area contributed by atoms with Crippen LogP contribution in [0.2, 0.25) is 0 Å². The minimum Gasteiger partial charge on any atom is -0.468 e. The number of nitrogens with one attached hydrogen (secondary N) is 2. The van der Waals surface area contributed by atoms with Gasteiger partial charge in [-0.3, -0.25) is 9.59 Å². The van der Waals surface area contributed by atoms with Crippen molar-refractivity contribution in [3.05, 3.63) is 54.0 Å². The summed E-state index contributed by atoms with van der Waals surface area (Å²) in [6.45, 7) is 6.44. The van der Waals surface area contributed by atoms with Crippen molar-refractivity contribution in [3.8, 4) is 0 Å². The van der Waals surface area contributed by atoms with E-state index in [0.717, 1.165) is 18.4 Å². The second-order valence-corrected chi connectivity index (χ2v) is 8.81. The summed E-state index contributed by atoms with van der Waals surface area (Å²) in [4.78, 5) is 47.8. The zero-order valence-corrected chi connectivity index (χ0v) is 21.0. The normalized spacial score (nSPS) is 16.3. The molecular weight excluding hydrogens is 476 g/mol. The fraction of sp³-hybridized carbons (Fsp3) is 0.360. The van der Waals surface area contributed by atoms with Gasteiger partial charge in [-0.15, -0.1) is 0 Å². The number of carbonyl (C=O) groups is 3. The van der Waals surface area contributed by atoms with Gasteiger partial charge < -0.3 is 26.0 Å². The molecule has 3 aromatic rings. The minimum atomic E-state index is -0.631. The standard InChI is InChI=1S/C25H30N8O4/c1-5-18(34)32-10-6-7-16(12-32)33-23-19(22(26)28-13-29-23)21(31-33)24(35)30-17-9-8-15(11-14(17)2)20(27-3)25(36)37-4/h5,8-9,11,13,16,20,27H,1,6-7,10,12H2,2-4H3,(H,30,35)(H2,26,28,29)/t16?,20-/m1/s1. The number of piperidine rings is 1. The number of likely N-dealkylation sites (tertiary alicyclic amines) is 1. The topological polar surface area (TPSA) is 157 Å². The van der Waals surface area contributed by atoms with Crippen LogP contribution < -0.4 is 16.4 Å². The lowest BCUT2D eigenvalue weighted by Gasteiger charge is -2.32. The third-order valence-electron chi connectivity index (χ3n) is 6.52. The number of anilines is 2. The van der Waals surface area contributed by atoms with Crippen LogP contribution in [-0.2, 0) is 14.3 Å². The first-order valence-electron chi connectivity index (χ1n) is 11.9. The number of fused-ring (bicyclic) bond motifs is 1. The average molecular weight is 507 g/mol. The quantitative estimate of drug-likeness (QED) is 0.321. The molecule has 12 nitrogen and oxygen atoms in total. The summed E-state index contributed by atoms with van der Waals surface area (Å²) in [5.41, 5.74) is 8.67. The highest BCUT2D eigenvalue weighted by molar-refractivity contribution is 6.13. The largest absolute Gasteiger partial charge is 0.468 e. The number of aryl methyl sites for hydroxylation is 1. The van der Waals surface area contributed by atoms with Crippen LogP contribution in [0.15, 0.2) is 37.2 Å². The van der Waals surface area contributed by atoms with Gasteiger partial charge in [0.1, 0.15) is 18.2 Å². The molecule has 0 spiro atoms. The van der Waals surface area contributed by atoms with Crippen molar-refractivity contribution >= 4 is 40.3 Å². The van der Waals surface area contributed by atoms with Gasteiger partial charge in [0.15, 0.2) is 11.3 Å². The smallest absolute Gasteiger partial charge is 0.327 e. The molecule has 1 aliphatic rings. The van der Waals surface area contributed by atoms with Crippen molar-refractivity contribution in [2.75, 3.05) is 38.3 Å². The van der Waals surface area contributed by atoms with E-state index in [4.69, 9.17) is 10.5 Å². The van der Waals surface area contributed by atoms with E-state index < -0.39 is 17.9 Å². The van der Waals surface area contributed by atoms with Gasteiger partial charge in [-0.1, -0.05) is 18.7 Å². The van der Waals surface area contributed by atoms with E-state index in [0.29, 0.717) is 35.4 Å². The van der Waals surface area contributed by atoms with Crippen LogP contribution in [0.5, 0.6) is 0 Å². The highest BCUT2D eigenvalue weighted by Crippen LogP contribution is 2.30. The maximum Gasteiger partial charge on any atom is 0.327 e. The molecule has 4 N–H and O–H groups in total. The number of aromatic nitrogens is 4. The molecule has 0 aliphatic carbocycles. The predicted octanol–water partition coefficient (Wildman–Crippen LogP) is 1.75. The van der Waals surface area contributed by atoms with Crippen molar-refractivity contribution in [2.45, 2.75) is 31.8 Å². The first kappa shape index (κ1) is 25.8. The summed E-state index contributed by atoms with van der Waals surface area (Å²) in [6, 6.07) is 4.44. The van der Waals surface area contributed by atoms with Crippen LogP contribution in [0, 0.1) is 6.92 Å². The molecule has 194 valence electrons. The Labute approximate surface area is 213 Å². The van der Waals surface area contributed by atoms with Crippen LogP contribution in [0.4, 0.5) is 11.5 Å². The maximum atomic E-state index is 13.4. The number of amides is 2. The summed E-state index contributed by atoms with van der Waals surface area (Å²) < 4.78 is 6.51. The third kappa shape index (κ3) is 5.00. The lowest BCUT2D eigenvalue weighted by atomic mass is 10.0. The maximum absolute atomic E-state index is 13.4. The van der Waals surface area contributed by atoms with Crippen LogP contribution in [0.3, 0.4) is 0 Å². The Hall–Kier alpha value is -4.32. The molecule has 0 saturated carbocycles. The predicted molar refractivity (Wildman–Crippen MR) is 138 cm³/mol. The second-order valence-electron chi connectivity index (χ2n) is 8.81. The number of nitrogen functional groups attached to an aromatic ring is 1. The number of benzene rings is 1. The number of esters is 1. The number of hydrogen-bond donors (Lipinski definition) is 3. The van der Waals surface area contributed by atoms with Crippen LogP contribution in [0.1, 0.15) is 46.5 Å². The van der Waals surface area contributed by atoms with Gasteiger partial charge >= 0.3 is 5.97 Å². The molecule has 1 fully saturated rings. The van der Waals surface area contributed by atoms with E-state index in [-0.39, 0.29) is 23.5 Å². The zero-order valence-electron chi connectivity index (χ0n) is 21.0. The highest BCUT2D eigenvalue weighted by Gasteiger charge is 2.29. The number of likely N-dealkylation sites (N-methyl/N-ethyl adjacent to an activating group) is 1. The lowest BCUT2D eigenvalue weighted by Crippen LogP contribution is -2.40. The molecule has 37 heavy (non-hydrogen) atoms. The molecule has 1 saturated heterocycles. The van der Waals surface area contributed by atoms with E-state index in [1.54, 1.807) is 34.8 Å². The Balaban J connectivity index is 1.65. The molecule has 2 aromatic heterocycles. The molecule has 1 aromatic carbocycles. The van der Waals surface area contributed by atoms with E-state index in [2.05, 4.69) is 32.3 Å². The van der Waals surface area contributed by atoms with Gasteiger partial charge in [0, 0.05) is 18.8 Å². The van der Waals surface area contributed by atoms with Gasteiger partial charge in [-0.05, 0) is 50.1 Å². The number of methoxy groups -OCH3 is 1. The van der Waals surface area contributed by atoms with Gasteiger partial charge in [0.25, 0.3) is 5.91 Å². The summed E-state index contributed by atoms with van der Waals surface area (Å²) in [5.74, 6) is -0.908. The number of carbonyl (C=O) groups excluding carboxylic acids is 3. The molecule has 1 unspecified atom stereocenters. The summed E-state index contributed by atoms with van der Waals surface area (Å²) >= 11 is 0. The average Bonchev–Trinajstić information content (AvgIpc) is 3.31. The van der Waals surface area contributed by atoms with Gasteiger partial charge in [-0.25, -0.2) is 19.4 Å². The van der Waals surface area contributed by atoms with Gasteiger partial charge in [-0.2, -0.15) is 5.10 Å². The second kappa shape index (κ2) is 10.7. The molecule has 4 rings (SSSR count). The first-order valence-corrected chi connectivity index (χ1v) is 11.9. The molecular formula is C25H30N8O4.